The van der Waals surface area contributed by atoms with E-state index in [4.69, 9.17) is 4.74 Å². The SMILES string of the molecule is O=C(Oc1c(F)c(F)c(F)c(F)c1F)c1cnc(N2CCOCC2)nc1. The number of anilines is 1. The van der Waals surface area contributed by atoms with Gasteiger partial charge < -0.3 is 14.4 Å². The largest absolute Gasteiger partial charge is 0.416 e. The molecule has 2 aromatic rings. The molecule has 1 aromatic heterocycles. The maximum atomic E-state index is 13.5. The fourth-order valence-electron chi connectivity index (χ4n) is 2.18. The Morgan fingerprint density at radius 1 is 0.923 bits per heavy atom. The smallest absolute Gasteiger partial charge is 0.346 e. The number of nitrogens with zero attached hydrogens (tertiary/aromatic N) is 3. The molecule has 1 aromatic carbocycles. The molecular weight excluding hydrogens is 365 g/mol. The number of ether oxygens (including phenoxy) is 2. The van der Waals surface area contributed by atoms with Gasteiger partial charge in [-0.1, -0.05) is 0 Å². The van der Waals surface area contributed by atoms with Gasteiger partial charge in [0.25, 0.3) is 0 Å². The Labute approximate surface area is 143 Å². The predicted molar refractivity (Wildman–Crippen MR) is 76.3 cm³/mol. The van der Waals surface area contributed by atoms with Gasteiger partial charge in [-0.3, -0.25) is 0 Å². The summed E-state index contributed by atoms with van der Waals surface area (Å²) in [5, 5.41) is 0. The van der Waals surface area contributed by atoms with Gasteiger partial charge in [-0.15, -0.1) is 0 Å². The van der Waals surface area contributed by atoms with E-state index in [1.807, 2.05) is 0 Å². The molecule has 0 radical (unpaired) electrons. The minimum atomic E-state index is -2.35. The molecule has 0 amide bonds. The Bertz CT molecular complexity index is 812. The first-order valence-corrected chi connectivity index (χ1v) is 7.28. The van der Waals surface area contributed by atoms with E-state index in [9.17, 15) is 26.7 Å². The minimum absolute atomic E-state index is 0.293. The highest BCUT2D eigenvalue weighted by Gasteiger charge is 2.29. The molecule has 0 N–H and O–H groups in total. The third kappa shape index (κ3) is 3.29. The molecular formula is C15H10F5N3O3. The lowest BCUT2D eigenvalue weighted by molar-refractivity contribution is 0.0715. The number of carbonyl (C=O) groups is 1. The fourth-order valence-corrected chi connectivity index (χ4v) is 2.18. The molecule has 1 saturated heterocycles. The van der Waals surface area contributed by atoms with Gasteiger partial charge in [-0.2, -0.15) is 8.78 Å². The molecule has 1 aliphatic rings. The summed E-state index contributed by atoms with van der Waals surface area (Å²) in [5.74, 6) is -14.1. The van der Waals surface area contributed by atoms with Crippen molar-refractivity contribution in [2.45, 2.75) is 0 Å². The lowest BCUT2D eigenvalue weighted by atomic mass is 10.2. The van der Waals surface area contributed by atoms with Crippen molar-refractivity contribution in [1.29, 1.82) is 0 Å². The first kappa shape index (κ1) is 18.0. The van der Waals surface area contributed by atoms with Crippen LogP contribution in [0, 0.1) is 29.1 Å². The van der Waals surface area contributed by atoms with Crippen LogP contribution in [0.2, 0.25) is 0 Å². The van der Waals surface area contributed by atoms with Crippen LogP contribution in [0.4, 0.5) is 27.9 Å². The highest BCUT2D eigenvalue weighted by Crippen LogP contribution is 2.29. The molecule has 2 heterocycles. The van der Waals surface area contributed by atoms with Crippen LogP contribution in [0.15, 0.2) is 12.4 Å². The second kappa shape index (κ2) is 7.20. The molecule has 0 unspecified atom stereocenters. The number of hydrogen-bond acceptors (Lipinski definition) is 6. The van der Waals surface area contributed by atoms with Crippen molar-refractivity contribution >= 4 is 11.9 Å². The monoisotopic (exact) mass is 375 g/mol. The summed E-state index contributed by atoms with van der Waals surface area (Å²) in [4.78, 5) is 21.5. The number of carbonyl (C=O) groups excluding carboxylic acids is 1. The van der Waals surface area contributed by atoms with Crippen LogP contribution >= 0.6 is 0 Å². The Kier molecular flexibility index (Phi) is 4.98. The Hall–Kier alpha value is -2.82. The summed E-state index contributed by atoms with van der Waals surface area (Å²) in [6.45, 7) is 2.03. The van der Waals surface area contributed by atoms with Crippen LogP contribution in [0.5, 0.6) is 5.75 Å². The summed E-state index contributed by atoms with van der Waals surface area (Å²) in [6.07, 6.45) is 2.04. The van der Waals surface area contributed by atoms with E-state index in [1.54, 1.807) is 4.90 Å². The van der Waals surface area contributed by atoms with Gasteiger partial charge in [0.1, 0.15) is 0 Å². The van der Waals surface area contributed by atoms with Gasteiger partial charge in [-0.05, 0) is 0 Å². The van der Waals surface area contributed by atoms with Crippen molar-refractivity contribution in [3.05, 3.63) is 47.0 Å². The molecule has 11 heteroatoms. The van der Waals surface area contributed by atoms with Crippen LogP contribution in [0.3, 0.4) is 0 Å². The molecule has 6 nitrogen and oxygen atoms in total. The summed E-state index contributed by atoms with van der Waals surface area (Å²) in [5.41, 5.74) is -0.328. The van der Waals surface area contributed by atoms with Gasteiger partial charge in [-0.25, -0.2) is 27.9 Å². The number of hydrogen-bond donors (Lipinski definition) is 0. The van der Waals surface area contributed by atoms with Gasteiger partial charge in [0.15, 0.2) is 0 Å². The number of morpholine rings is 1. The van der Waals surface area contributed by atoms with Gasteiger partial charge in [0.2, 0.25) is 40.8 Å². The maximum absolute atomic E-state index is 13.5. The van der Waals surface area contributed by atoms with E-state index >= 15 is 0 Å². The van der Waals surface area contributed by atoms with Crippen molar-refractivity contribution < 1.29 is 36.2 Å². The predicted octanol–water partition coefficient (Wildman–Crippen LogP) is 2.23. The molecule has 3 rings (SSSR count). The van der Waals surface area contributed by atoms with Gasteiger partial charge >= 0.3 is 5.97 Å². The summed E-state index contributed by atoms with van der Waals surface area (Å²) >= 11 is 0. The van der Waals surface area contributed by atoms with Crippen LogP contribution in [-0.2, 0) is 4.74 Å². The Morgan fingerprint density at radius 2 is 1.42 bits per heavy atom. The first-order valence-electron chi connectivity index (χ1n) is 7.28. The zero-order valence-electron chi connectivity index (χ0n) is 12.9. The zero-order valence-corrected chi connectivity index (χ0v) is 12.9. The van der Waals surface area contributed by atoms with Crippen LogP contribution in [0.25, 0.3) is 0 Å². The molecule has 0 aliphatic carbocycles. The minimum Gasteiger partial charge on any atom is -0.416 e. The lowest BCUT2D eigenvalue weighted by Crippen LogP contribution is -2.37. The molecule has 1 fully saturated rings. The zero-order chi connectivity index (χ0) is 18.8. The van der Waals surface area contributed by atoms with E-state index < -0.39 is 40.8 Å². The topological polar surface area (TPSA) is 64.5 Å². The number of esters is 1. The van der Waals surface area contributed by atoms with E-state index in [0.717, 1.165) is 12.4 Å². The highest BCUT2D eigenvalue weighted by molar-refractivity contribution is 5.90. The van der Waals surface area contributed by atoms with Crippen molar-refractivity contribution in [2.24, 2.45) is 0 Å². The summed E-state index contributed by atoms with van der Waals surface area (Å²) in [7, 11) is 0. The average molecular weight is 375 g/mol. The standard InChI is InChI=1S/C15H10F5N3O3/c16-8-9(17)11(19)13(12(20)10(8)18)26-14(24)7-5-21-15(22-6-7)23-1-3-25-4-2-23/h5-6H,1-4H2. The normalized spacial score (nSPS) is 14.4. The van der Waals surface area contributed by atoms with Gasteiger partial charge in [0, 0.05) is 25.5 Å². The van der Waals surface area contributed by atoms with Crippen LogP contribution in [0.1, 0.15) is 10.4 Å². The number of aromatic nitrogens is 2. The third-order valence-electron chi connectivity index (χ3n) is 3.53. The number of halogens is 5. The Balaban J connectivity index is 1.80. The van der Waals surface area contributed by atoms with Crippen LogP contribution in [-0.4, -0.2) is 42.2 Å². The van der Waals surface area contributed by atoms with Crippen LogP contribution < -0.4 is 9.64 Å². The molecule has 138 valence electrons. The van der Waals surface area contributed by atoms with Gasteiger partial charge in [0.05, 0.1) is 18.8 Å². The molecule has 26 heavy (non-hydrogen) atoms. The quantitative estimate of drug-likeness (QED) is 0.270. The van der Waals surface area contributed by atoms with E-state index in [-0.39, 0.29) is 5.56 Å². The van der Waals surface area contributed by atoms with E-state index in [2.05, 4.69) is 14.7 Å². The lowest BCUT2D eigenvalue weighted by Gasteiger charge is -2.26. The molecule has 0 saturated carbocycles. The second-order valence-electron chi connectivity index (χ2n) is 5.16. The van der Waals surface area contributed by atoms with E-state index in [1.165, 1.54) is 0 Å². The van der Waals surface area contributed by atoms with Crippen molar-refractivity contribution in [3.8, 4) is 5.75 Å². The molecule has 0 spiro atoms. The summed E-state index contributed by atoms with van der Waals surface area (Å²) < 4.78 is 75.8. The highest BCUT2D eigenvalue weighted by atomic mass is 19.2. The maximum Gasteiger partial charge on any atom is 0.346 e. The number of benzene rings is 1. The van der Waals surface area contributed by atoms with Crippen molar-refractivity contribution in [2.75, 3.05) is 31.2 Å². The fraction of sp³-hybridized carbons (Fsp3) is 0.267. The average Bonchev–Trinajstić information content (AvgIpc) is 2.69. The van der Waals surface area contributed by atoms with E-state index in [0.29, 0.717) is 32.3 Å². The third-order valence-corrected chi connectivity index (χ3v) is 3.53. The van der Waals surface area contributed by atoms with Crippen molar-refractivity contribution in [3.63, 3.8) is 0 Å². The molecule has 0 atom stereocenters. The summed E-state index contributed by atoms with van der Waals surface area (Å²) in [6, 6.07) is 0. The van der Waals surface area contributed by atoms with Crippen molar-refractivity contribution in [1.82, 2.24) is 9.97 Å². The molecule has 0 bridgehead atoms. The number of rotatable bonds is 3. The first-order chi connectivity index (χ1) is 12.4. The molecule has 1 aliphatic heterocycles. The Morgan fingerprint density at radius 3 is 1.96 bits per heavy atom. The second-order valence-corrected chi connectivity index (χ2v) is 5.16.